The van der Waals surface area contributed by atoms with Crippen LogP contribution in [0.1, 0.15) is 31.1 Å². The standard InChI is InChI=1S/C28H29FN6O4/c1-28(2,3)39-27(37)35-14-19(15-35)31-26(36)16-5-7-21(24(11-16)38-4)33-25-13-30-12-23(34-25)22-10-17-9-18(29)6-8-20(17)32-22/h5-13,19,32H,14-15H2,1-4H3,(H,31,36)(H,33,34). The van der Waals surface area contributed by atoms with Gasteiger partial charge in [0.1, 0.15) is 28.7 Å². The Morgan fingerprint density at radius 3 is 2.64 bits per heavy atom. The number of carbonyl (C=O) groups is 2. The number of amides is 2. The molecule has 11 heteroatoms. The predicted octanol–water partition coefficient (Wildman–Crippen LogP) is 4.87. The number of nitrogens with one attached hydrogen (secondary N) is 3. The number of H-pyrrole nitrogens is 1. The van der Waals surface area contributed by atoms with Gasteiger partial charge in [0.05, 0.1) is 36.9 Å². The molecule has 0 spiro atoms. The number of fused-ring (bicyclic) bond motifs is 1. The summed E-state index contributed by atoms with van der Waals surface area (Å²) in [6, 6.07) is 11.2. The second kappa shape index (κ2) is 10.2. The largest absolute Gasteiger partial charge is 0.495 e. The molecule has 0 unspecified atom stereocenters. The lowest BCUT2D eigenvalue weighted by Gasteiger charge is -2.39. The molecule has 0 saturated carbocycles. The number of rotatable bonds is 6. The first-order valence-corrected chi connectivity index (χ1v) is 12.4. The van der Waals surface area contributed by atoms with E-state index in [0.717, 1.165) is 10.9 Å². The Hall–Kier alpha value is -4.67. The molecule has 2 amide bonds. The summed E-state index contributed by atoms with van der Waals surface area (Å²) in [4.78, 5) is 38.6. The van der Waals surface area contributed by atoms with Gasteiger partial charge in [-0.3, -0.25) is 9.78 Å². The Kier molecular flexibility index (Phi) is 6.81. The molecule has 1 aliphatic rings. The zero-order valence-electron chi connectivity index (χ0n) is 22.0. The molecule has 1 saturated heterocycles. The van der Waals surface area contributed by atoms with Gasteiger partial charge in [-0.1, -0.05) is 0 Å². The van der Waals surface area contributed by atoms with Crippen LogP contribution in [0.3, 0.4) is 0 Å². The Labute approximate surface area is 224 Å². The highest BCUT2D eigenvalue weighted by molar-refractivity contribution is 5.96. The number of halogens is 1. The number of aromatic nitrogens is 3. The lowest BCUT2D eigenvalue weighted by atomic mass is 10.1. The van der Waals surface area contributed by atoms with Crippen molar-refractivity contribution in [1.29, 1.82) is 0 Å². The van der Waals surface area contributed by atoms with E-state index in [4.69, 9.17) is 9.47 Å². The Bertz CT molecular complexity index is 1540. The van der Waals surface area contributed by atoms with Gasteiger partial charge in [-0.05, 0) is 63.2 Å². The summed E-state index contributed by atoms with van der Waals surface area (Å²) in [5, 5.41) is 6.84. The number of benzene rings is 2. The normalized spacial score (nSPS) is 13.6. The van der Waals surface area contributed by atoms with Gasteiger partial charge in [0.15, 0.2) is 0 Å². The van der Waals surface area contributed by atoms with Crippen LogP contribution < -0.4 is 15.4 Å². The van der Waals surface area contributed by atoms with E-state index in [2.05, 4.69) is 25.6 Å². The highest BCUT2D eigenvalue weighted by Gasteiger charge is 2.34. The van der Waals surface area contributed by atoms with Gasteiger partial charge < -0.3 is 30.0 Å². The number of methoxy groups -OCH3 is 1. The second-order valence-corrected chi connectivity index (χ2v) is 10.3. The summed E-state index contributed by atoms with van der Waals surface area (Å²) >= 11 is 0. The van der Waals surface area contributed by atoms with E-state index in [1.54, 1.807) is 41.6 Å². The fourth-order valence-electron chi connectivity index (χ4n) is 4.19. The third-order valence-corrected chi connectivity index (χ3v) is 6.09. The van der Waals surface area contributed by atoms with Gasteiger partial charge >= 0.3 is 6.09 Å². The average molecular weight is 533 g/mol. The number of anilines is 2. The zero-order valence-corrected chi connectivity index (χ0v) is 22.0. The predicted molar refractivity (Wildman–Crippen MR) is 145 cm³/mol. The van der Waals surface area contributed by atoms with Crippen molar-refractivity contribution in [3.8, 4) is 17.1 Å². The average Bonchev–Trinajstić information content (AvgIpc) is 3.28. The summed E-state index contributed by atoms with van der Waals surface area (Å²) < 4.78 is 24.4. The molecule has 0 atom stereocenters. The van der Waals surface area contributed by atoms with Crippen LogP contribution in [0.5, 0.6) is 5.75 Å². The molecule has 0 aliphatic carbocycles. The summed E-state index contributed by atoms with van der Waals surface area (Å²) in [5.41, 5.74) is 2.51. The van der Waals surface area contributed by atoms with E-state index < -0.39 is 11.7 Å². The highest BCUT2D eigenvalue weighted by Crippen LogP contribution is 2.30. The minimum Gasteiger partial charge on any atom is -0.495 e. The highest BCUT2D eigenvalue weighted by atomic mass is 19.1. The lowest BCUT2D eigenvalue weighted by molar-refractivity contribution is 0.00533. The van der Waals surface area contributed by atoms with E-state index in [0.29, 0.717) is 47.3 Å². The Morgan fingerprint density at radius 2 is 1.90 bits per heavy atom. The minimum absolute atomic E-state index is 0.159. The summed E-state index contributed by atoms with van der Waals surface area (Å²) in [6.07, 6.45) is 2.79. The van der Waals surface area contributed by atoms with Crippen LogP contribution in [0, 0.1) is 5.82 Å². The molecule has 3 heterocycles. The number of hydrogen-bond acceptors (Lipinski definition) is 7. The molecule has 2 aromatic heterocycles. The van der Waals surface area contributed by atoms with Crippen LogP contribution in [0.25, 0.3) is 22.3 Å². The minimum atomic E-state index is -0.568. The van der Waals surface area contributed by atoms with Gasteiger partial charge in [0, 0.05) is 29.6 Å². The van der Waals surface area contributed by atoms with Crippen molar-refractivity contribution < 1.29 is 23.5 Å². The van der Waals surface area contributed by atoms with Gasteiger partial charge in [-0.25, -0.2) is 14.2 Å². The summed E-state index contributed by atoms with van der Waals surface area (Å²) in [7, 11) is 1.51. The van der Waals surface area contributed by atoms with Gasteiger partial charge in [0.2, 0.25) is 0 Å². The number of carbonyl (C=O) groups excluding carboxylic acids is 2. The molecule has 1 aliphatic heterocycles. The summed E-state index contributed by atoms with van der Waals surface area (Å²) in [6.45, 7) is 6.21. The van der Waals surface area contributed by atoms with Crippen LogP contribution in [-0.2, 0) is 4.74 Å². The van der Waals surface area contributed by atoms with Crippen molar-refractivity contribution in [1.82, 2.24) is 25.2 Å². The zero-order chi connectivity index (χ0) is 27.7. The molecule has 0 radical (unpaired) electrons. The molecular weight excluding hydrogens is 503 g/mol. The first-order chi connectivity index (χ1) is 18.6. The molecule has 3 N–H and O–H groups in total. The monoisotopic (exact) mass is 532 g/mol. The maximum absolute atomic E-state index is 13.6. The molecular formula is C28H29FN6O4. The molecule has 39 heavy (non-hydrogen) atoms. The fourth-order valence-corrected chi connectivity index (χ4v) is 4.19. The number of likely N-dealkylation sites (tertiary alicyclic amines) is 1. The number of aromatic amines is 1. The van der Waals surface area contributed by atoms with Crippen LogP contribution in [0.2, 0.25) is 0 Å². The maximum Gasteiger partial charge on any atom is 0.410 e. The quantitative estimate of drug-likeness (QED) is 0.324. The first-order valence-electron chi connectivity index (χ1n) is 12.4. The van der Waals surface area contributed by atoms with Crippen molar-refractivity contribution in [2.24, 2.45) is 0 Å². The van der Waals surface area contributed by atoms with Crippen molar-refractivity contribution >= 4 is 34.4 Å². The van der Waals surface area contributed by atoms with Crippen molar-refractivity contribution in [3.05, 3.63) is 66.2 Å². The van der Waals surface area contributed by atoms with Crippen LogP contribution >= 0.6 is 0 Å². The Morgan fingerprint density at radius 1 is 1.10 bits per heavy atom. The van der Waals surface area contributed by atoms with Crippen LogP contribution in [0.4, 0.5) is 20.7 Å². The third-order valence-electron chi connectivity index (χ3n) is 6.09. The van der Waals surface area contributed by atoms with Gasteiger partial charge in [-0.2, -0.15) is 0 Å². The Balaban J connectivity index is 1.24. The third kappa shape index (κ3) is 5.92. The smallest absolute Gasteiger partial charge is 0.410 e. The fraction of sp³-hybridized carbons (Fsp3) is 0.286. The van der Waals surface area contributed by atoms with Gasteiger partial charge in [0.25, 0.3) is 5.91 Å². The second-order valence-electron chi connectivity index (χ2n) is 10.3. The van der Waals surface area contributed by atoms with Crippen molar-refractivity contribution in [2.45, 2.75) is 32.4 Å². The van der Waals surface area contributed by atoms with Crippen LogP contribution in [-0.4, -0.2) is 63.7 Å². The van der Waals surface area contributed by atoms with E-state index in [-0.39, 0.29) is 17.8 Å². The van der Waals surface area contributed by atoms with E-state index >= 15 is 0 Å². The van der Waals surface area contributed by atoms with Crippen LogP contribution in [0.15, 0.2) is 54.9 Å². The molecule has 0 bridgehead atoms. The first kappa shape index (κ1) is 26.0. The topological polar surface area (TPSA) is 121 Å². The SMILES string of the molecule is COc1cc(C(=O)NC2CN(C(=O)OC(C)(C)C)C2)ccc1Nc1cncc(-c2cc3cc(F)ccc3[nH]2)n1. The summed E-state index contributed by atoms with van der Waals surface area (Å²) in [5.74, 6) is 0.324. The van der Waals surface area contributed by atoms with E-state index in [9.17, 15) is 14.0 Å². The molecule has 2 aromatic carbocycles. The van der Waals surface area contributed by atoms with E-state index in [1.165, 1.54) is 19.2 Å². The molecule has 1 fully saturated rings. The van der Waals surface area contributed by atoms with Crippen molar-refractivity contribution in [3.63, 3.8) is 0 Å². The van der Waals surface area contributed by atoms with E-state index in [1.807, 2.05) is 26.8 Å². The molecule has 4 aromatic rings. The number of hydrogen-bond donors (Lipinski definition) is 3. The lowest BCUT2D eigenvalue weighted by Crippen LogP contribution is -2.61. The number of ether oxygens (including phenoxy) is 2. The molecule has 10 nitrogen and oxygen atoms in total. The van der Waals surface area contributed by atoms with Crippen molar-refractivity contribution in [2.75, 3.05) is 25.5 Å². The van der Waals surface area contributed by atoms with Gasteiger partial charge in [-0.15, -0.1) is 0 Å². The molecule has 5 rings (SSSR count). The maximum atomic E-state index is 13.6. The number of nitrogens with zero attached hydrogens (tertiary/aromatic N) is 3. The molecule has 202 valence electrons.